The van der Waals surface area contributed by atoms with Gasteiger partial charge >= 0.3 is 0 Å². The minimum Gasteiger partial charge on any atom is -0.394 e. The molecule has 1 atom stereocenters. The van der Waals surface area contributed by atoms with Crippen LogP contribution in [0.1, 0.15) is 72.1 Å². The van der Waals surface area contributed by atoms with Crippen LogP contribution in [-0.4, -0.2) is 210 Å². The first-order valence-corrected chi connectivity index (χ1v) is 22.8. The van der Waals surface area contributed by atoms with Crippen LogP contribution in [0.4, 0.5) is 0 Å². The van der Waals surface area contributed by atoms with Gasteiger partial charge in [-0.15, -0.1) is 0 Å². The molecule has 1 rings (SSSR count). The Bertz CT molecular complexity index is 844. The van der Waals surface area contributed by atoms with E-state index in [1.807, 2.05) is 0 Å². The highest BCUT2D eigenvalue weighted by Crippen LogP contribution is 2.52. The van der Waals surface area contributed by atoms with Gasteiger partial charge < -0.3 is 76.2 Å². The Labute approximate surface area is 363 Å². The van der Waals surface area contributed by atoms with E-state index in [1.54, 1.807) is 0 Å². The van der Waals surface area contributed by atoms with Crippen LogP contribution in [-0.2, 0) is 71.1 Å². The third kappa shape index (κ3) is 37.9. The van der Waals surface area contributed by atoms with E-state index in [0.717, 1.165) is 13.0 Å². The van der Waals surface area contributed by atoms with Gasteiger partial charge in [-0.2, -0.15) is 0 Å². The zero-order chi connectivity index (χ0) is 43.2. The fourth-order valence-electron chi connectivity index (χ4n) is 6.33. The summed E-state index contributed by atoms with van der Waals surface area (Å²) >= 11 is 0. The van der Waals surface area contributed by atoms with Crippen LogP contribution < -0.4 is 0 Å². The van der Waals surface area contributed by atoms with Gasteiger partial charge in [0, 0.05) is 6.61 Å². The van der Waals surface area contributed by atoms with E-state index in [4.69, 9.17) is 76.2 Å². The molecule has 16 heteroatoms. The van der Waals surface area contributed by atoms with Crippen LogP contribution >= 0.6 is 0 Å². The van der Waals surface area contributed by atoms with Crippen molar-refractivity contribution < 1.29 is 76.2 Å². The Kier molecular flexibility index (Phi) is 43.0. The first kappa shape index (κ1) is 57.4. The number of hydrogen-bond acceptors (Lipinski definition) is 16. The summed E-state index contributed by atoms with van der Waals surface area (Å²) in [6, 6.07) is 0. The highest BCUT2D eigenvalue weighted by atomic mass is 16.6. The Morgan fingerprint density at radius 3 is 0.767 bits per heavy atom. The summed E-state index contributed by atoms with van der Waals surface area (Å²) in [6.45, 7) is 23.1. The molecule has 1 fully saturated rings. The molecule has 0 amide bonds. The second-order valence-corrected chi connectivity index (χ2v) is 15.4. The van der Waals surface area contributed by atoms with Crippen molar-refractivity contribution in [2.24, 2.45) is 10.8 Å². The van der Waals surface area contributed by atoms with E-state index in [1.165, 1.54) is 44.9 Å². The molecule has 60 heavy (non-hydrogen) atoms. The average molecular weight is 873 g/mol. The molecule has 0 heterocycles. The summed E-state index contributed by atoms with van der Waals surface area (Å²) in [5.41, 5.74) is 0.973. The average Bonchev–Trinajstić information content (AvgIpc) is 3.24. The van der Waals surface area contributed by atoms with Gasteiger partial charge in [-0.3, -0.25) is 0 Å². The van der Waals surface area contributed by atoms with Crippen molar-refractivity contribution in [3.63, 3.8) is 0 Å². The summed E-state index contributed by atoms with van der Waals surface area (Å²) in [4.78, 5) is 0. The molecule has 0 aromatic rings. The van der Waals surface area contributed by atoms with Gasteiger partial charge in [0.2, 0.25) is 0 Å². The maximum atomic E-state index is 8.60. The highest BCUT2D eigenvalue weighted by molar-refractivity contribution is 4.92. The van der Waals surface area contributed by atoms with Gasteiger partial charge in [0.1, 0.15) is 0 Å². The van der Waals surface area contributed by atoms with Crippen LogP contribution in [0.25, 0.3) is 0 Å². The molecule has 1 unspecified atom stereocenters. The lowest BCUT2D eigenvalue weighted by Gasteiger charge is -2.48. The second kappa shape index (κ2) is 44.9. The molecule has 1 aliphatic carbocycles. The van der Waals surface area contributed by atoms with E-state index in [2.05, 4.69) is 20.8 Å². The third-order valence-electron chi connectivity index (χ3n) is 10.4. The molecule has 1 aliphatic rings. The van der Waals surface area contributed by atoms with E-state index in [0.29, 0.717) is 202 Å². The van der Waals surface area contributed by atoms with Crippen molar-refractivity contribution >= 4 is 0 Å². The molecule has 0 radical (unpaired) electrons. The number of hydrogen-bond donors (Lipinski definition) is 1. The van der Waals surface area contributed by atoms with Gasteiger partial charge in [0.05, 0.1) is 198 Å². The van der Waals surface area contributed by atoms with E-state index >= 15 is 0 Å². The third-order valence-corrected chi connectivity index (χ3v) is 10.4. The van der Waals surface area contributed by atoms with Crippen LogP contribution in [0, 0.1) is 10.8 Å². The van der Waals surface area contributed by atoms with Crippen molar-refractivity contribution in [2.75, 3.05) is 205 Å². The zero-order valence-corrected chi connectivity index (χ0v) is 38.1. The first-order valence-electron chi connectivity index (χ1n) is 22.8. The van der Waals surface area contributed by atoms with Gasteiger partial charge in [-0.1, -0.05) is 46.5 Å². The lowest BCUT2D eigenvalue weighted by atomic mass is 9.57. The van der Waals surface area contributed by atoms with Crippen molar-refractivity contribution in [3.05, 3.63) is 0 Å². The molecular weight excluding hydrogens is 784 g/mol. The maximum absolute atomic E-state index is 8.60. The van der Waals surface area contributed by atoms with Crippen molar-refractivity contribution in [2.45, 2.75) is 72.1 Å². The SMILES string of the molecule is CC1(C)CCCCC1(C)CCCCCOCCOCCOCCOCCOCCOCCOCCOCCOCCOCCOCCOCCOCCOCCOCCO. The van der Waals surface area contributed by atoms with Crippen molar-refractivity contribution in [1.82, 2.24) is 0 Å². The van der Waals surface area contributed by atoms with E-state index in [-0.39, 0.29) is 6.61 Å². The predicted octanol–water partition coefficient (Wildman–Crippen LogP) is 4.39. The number of ether oxygens (including phenoxy) is 15. The molecule has 1 N–H and O–H groups in total. The topological polar surface area (TPSA) is 159 Å². The number of aliphatic hydroxyl groups excluding tert-OH is 1. The van der Waals surface area contributed by atoms with Gasteiger partial charge in [0.25, 0.3) is 0 Å². The largest absolute Gasteiger partial charge is 0.394 e. The van der Waals surface area contributed by atoms with Crippen LogP contribution in [0.3, 0.4) is 0 Å². The maximum Gasteiger partial charge on any atom is 0.0701 e. The molecule has 16 nitrogen and oxygen atoms in total. The molecule has 1 saturated carbocycles. The minimum absolute atomic E-state index is 0.0234. The standard InChI is InChI=1S/C44H88O16/c1-43(2)9-6-7-11-44(43,3)10-5-4-8-13-46-15-17-48-19-21-50-23-25-52-27-29-54-31-33-56-35-37-58-39-41-60-42-40-59-38-36-57-34-32-55-30-28-53-26-24-51-22-20-49-18-16-47-14-12-45/h45H,4-42H2,1-3H3. The van der Waals surface area contributed by atoms with Gasteiger partial charge in [-0.25, -0.2) is 0 Å². The van der Waals surface area contributed by atoms with Gasteiger partial charge in [-0.05, 0) is 36.5 Å². The fraction of sp³-hybridized carbons (Fsp3) is 1.00. The Hall–Kier alpha value is -0.640. The molecule has 0 spiro atoms. The van der Waals surface area contributed by atoms with Crippen LogP contribution in [0.15, 0.2) is 0 Å². The quantitative estimate of drug-likeness (QED) is 0.0858. The lowest BCUT2D eigenvalue weighted by Crippen LogP contribution is -2.38. The molecule has 0 aromatic heterocycles. The summed E-state index contributed by atoms with van der Waals surface area (Å²) in [5, 5.41) is 8.60. The number of aliphatic hydroxyl groups is 1. The van der Waals surface area contributed by atoms with E-state index < -0.39 is 0 Å². The molecular formula is C44H88O16. The summed E-state index contributed by atoms with van der Waals surface area (Å²) in [6.07, 6.45) is 10.6. The molecule has 0 saturated heterocycles. The zero-order valence-electron chi connectivity index (χ0n) is 38.1. The highest BCUT2D eigenvalue weighted by Gasteiger charge is 2.41. The molecule has 360 valence electrons. The molecule has 0 aliphatic heterocycles. The number of rotatable bonds is 50. The second-order valence-electron chi connectivity index (χ2n) is 15.4. The first-order chi connectivity index (χ1) is 29.5. The predicted molar refractivity (Wildman–Crippen MR) is 228 cm³/mol. The summed E-state index contributed by atoms with van der Waals surface area (Å²) < 4.78 is 82.3. The minimum atomic E-state index is 0.0234. The van der Waals surface area contributed by atoms with Crippen LogP contribution in [0.2, 0.25) is 0 Å². The van der Waals surface area contributed by atoms with Crippen molar-refractivity contribution in [1.29, 1.82) is 0 Å². The lowest BCUT2D eigenvalue weighted by molar-refractivity contribution is -0.0301. The Morgan fingerprint density at radius 2 is 0.517 bits per heavy atom. The molecule has 0 aromatic carbocycles. The van der Waals surface area contributed by atoms with Crippen molar-refractivity contribution in [3.8, 4) is 0 Å². The smallest absolute Gasteiger partial charge is 0.0701 e. The molecule has 0 bridgehead atoms. The Morgan fingerprint density at radius 1 is 0.283 bits per heavy atom. The van der Waals surface area contributed by atoms with Crippen LogP contribution in [0.5, 0.6) is 0 Å². The Balaban J connectivity index is 1.62. The monoisotopic (exact) mass is 873 g/mol. The fourth-order valence-corrected chi connectivity index (χ4v) is 6.33. The number of unbranched alkanes of at least 4 members (excludes halogenated alkanes) is 2. The summed E-state index contributed by atoms with van der Waals surface area (Å²) in [7, 11) is 0. The van der Waals surface area contributed by atoms with Gasteiger partial charge in [0.15, 0.2) is 0 Å². The normalized spacial score (nSPS) is 16.6. The summed E-state index contributed by atoms with van der Waals surface area (Å²) in [5.74, 6) is 0. The van der Waals surface area contributed by atoms with E-state index in [9.17, 15) is 0 Å².